The van der Waals surface area contributed by atoms with Crippen LogP contribution in [0.15, 0.2) is 6.33 Å². The van der Waals surface area contributed by atoms with E-state index in [2.05, 4.69) is 10.1 Å². The molecular formula is C7H10F3N3. The summed E-state index contributed by atoms with van der Waals surface area (Å²) in [6, 6.07) is 0. The molecule has 0 N–H and O–H groups in total. The lowest BCUT2D eigenvalue weighted by molar-refractivity contribution is -0.137. The average molecular weight is 193 g/mol. The van der Waals surface area contributed by atoms with E-state index < -0.39 is 12.6 Å². The highest BCUT2D eigenvalue weighted by atomic mass is 19.4. The maximum atomic E-state index is 11.8. The summed E-state index contributed by atoms with van der Waals surface area (Å²) < 4.78 is 36.5. The number of halogens is 3. The van der Waals surface area contributed by atoms with Crippen LogP contribution in [0.2, 0.25) is 0 Å². The van der Waals surface area contributed by atoms with E-state index in [1.165, 1.54) is 11.0 Å². The second-order valence-corrected chi connectivity index (χ2v) is 2.64. The predicted octanol–water partition coefficient (Wildman–Crippen LogP) is 1.79. The topological polar surface area (TPSA) is 30.7 Å². The second-order valence-electron chi connectivity index (χ2n) is 2.64. The summed E-state index contributed by atoms with van der Waals surface area (Å²) >= 11 is 0. The Labute approximate surface area is 73.6 Å². The Morgan fingerprint density at radius 1 is 1.46 bits per heavy atom. The van der Waals surface area contributed by atoms with Crippen LogP contribution < -0.4 is 0 Å². The van der Waals surface area contributed by atoms with Gasteiger partial charge in [0.1, 0.15) is 12.2 Å². The first kappa shape index (κ1) is 10.0. The van der Waals surface area contributed by atoms with Crippen LogP contribution in [0.1, 0.15) is 19.2 Å². The molecule has 1 heterocycles. The van der Waals surface area contributed by atoms with Crippen LogP contribution in [0, 0.1) is 0 Å². The third kappa shape index (κ3) is 3.43. The lowest BCUT2D eigenvalue weighted by Crippen LogP contribution is -2.12. The van der Waals surface area contributed by atoms with Crippen LogP contribution in [0.4, 0.5) is 13.2 Å². The maximum Gasteiger partial charge on any atom is 0.390 e. The Morgan fingerprint density at radius 2 is 2.15 bits per heavy atom. The standard InChI is InChI=1S/C7H10F3N3/c1-2-6-11-5-13(12-6)4-3-7(8,9)10/h5H,2-4H2,1H3. The van der Waals surface area contributed by atoms with E-state index in [0.717, 1.165) is 0 Å². The maximum absolute atomic E-state index is 11.8. The predicted molar refractivity (Wildman–Crippen MR) is 40.1 cm³/mol. The summed E-state index contributed by atoms with van der Waals surface area (Å²) in [5.74, 6) is 0.571. The molecule has 0 atom stereocenters. The van der Waals surface area contributed by atoms with Crippen molar-refractivity contribution in [2.75, 3.05) is 0 Å². The fourth-order valence-electron chi connectivity index (χ4n) is 0.844. The second kappa shape index (κ2) is 3.76. The molecule has 1 aromatic heterocycles. The van der Waals surface area contributed by atoms with Gasteiger partial charge in [-0.3, -0.25) is 4.68 Å². The number of nitrogens with zero attached hydrogens (tertiary/aromatic N) is 3. The molecule has 0 fully saturated rings. The van der Waals surface area contributed by atoms with Crippen molar-refractivity contribution < 1.29 is 13.2 Å². The van der Waals surface area contributed by atoms with Gasteiger partial charge in [-0.05, 0) is 0 Å². The number of aryl methyl sites for hydroxylation is 2. The van der Waals surface area contributed by atoms with Crippen molar-refractivity contribution in [2.45, 2.75) is 32.5 Å². The Hall–Kier alpha value is -1.07. The van der Waals surface area contributed by atoms with Gasteiger partial charge in [0.15, 0.2) is 0 Å². The Kier molecular flexibility index (Phi) is 2.90. The van der Waals surface area contributed by atoms with Gasteiger partial charge in [-0.15, -0.1) is 0 Å². The Morgan fingerprint density at radius 3 is 2.62 bits per heavy atom. The first-order chi connectivity index (χ1) is 6.01. The summed E-state index contributed by atoms with van der Waals surface area (Å²) in [7, 11) is 0. The third-order valence-corrected chi connectivity index (χ3v) is 1.52. The molecule has 3 nitrogen and oxygen atoms in total. The molecule has 0 saturated heterocycles. The summed E-state index contributed by atoms with van der Waals surface area (Å²) in [6.45, 7) is 1.69. The van der Waals surface area contributed by atoms with Gasteiger partial charge in [0.25, 0.3) is 0 Å². The molecular weight excluding hydrogens is 183 g/mol. The zero-order valence-corrected chi connectivity index (χ0v) is 7.17. The molecule has 0 bridgehead atoms. The first-order valence-electron chi connectivity index (χ1n) is 3.96. The first-order valence-corrected chi connectivity index (χ1v) is 3.96. The molecule has 0 aliphatic carbocycles. The molecule has 0 aliphatic rings. The SMILES string of the molecule is CCc1ncn(CCC(F)(F)F)n1. The van der Waals surface area contributed by atoms with E-state index in [1.54, 1.807) is 0 Å². The summed E-state index contributed by atoms with van der Waals surface area (Å²) in [5, 5.41) is 3.84. The van der Waals surface area contributed by atoms with Crippen LogP contribution in [0.3, 0.4) is 0 Å². The lowest BCUT2D eigenvalue weighted by Gasteiger charge is -2.04. The number of rotatable bonds is 3. The minimum Gasteiger partial charge on any atom is -0.252 e. The molecule has 13 heavy (non-hydrogen) atoms. The minimum atomic E-state index is -4.13. The third-order valence-electron chi connectivity index (χ3n) is 1.52. The normalized spacial score (nSPS) is 12.0. The Balaban J connectivity index is 2.46. The van der Waals surface area contributed by atoms with Crippen molar-refractivity contribution in [3.63, 3.8) is 0 Å². The molecule has 1 rings (SSSR count). The summed E-state index contributed by atoms with van der Waals surface area (Å²) in [5.41, 5.74) is 0. The molecule has 6 heteroatoms. The van der Waals surface area contributed by atoms with E-state index in [-0.39, 0.29) is 6.54 Å². The fourth-order valence-corrected chi connectivity index (χ4v) is 0.844. The van der Waals surface area contributed by atoms with Gasteiger partial charge in [0, 0.05) is 6.42 Å². The van der Waals surface area contributed by atoms with Crippen LogP contribution in [0.5, 0.6) is 0 Å². The molecule has 0 radical (unpaired) electrons. The zero-order chi connectivity index (χ0) is 9.90. The van der Waals surface area contributed by atoms with Crippen LogP contribution in [-0.4, -0.2) is 20.9 Å². The lowest BCUT2D eigenvalue weighted by atomic mass is 10.4. The number of alkyl halides is 3. The molecule has 0 aliphatic heterocycles. The minimum absolute atomic E-state index is 0.156. The van der Waals surface area contributed by atoms with E-state index in [9.17, 15) is 13.2 Å². The molecule has 0 aromatic carbocycles. The van der Waals surface area contributed by atoms with E-state index in [4.69, 9.17) is 0 Å². The summed E-state index contributed by atoms with van der Waals surface area (Å²) in [6.07, 6.45) is -3.03. The van der Waals surface area contributed by atoms with Gasteiger partial charge in [-0.2, -0.15) is 18.3 Å². The Bertz CT molecular complexity index is 266. The van der Waals surface area contributed by atoms with Crippen LogP contribution in [0.25, 0.3) is 0 Å². The van der Waals surface area contributed by atoms with Crippen LogP contribution >= 0.6 is 0 Å². The monoisotopic (exact) mass is 193 g/mol. The summed E-state index contributed by atoms with van der Waals surface area (Å²) in [4.78, 5) is 3.82. The highest BCUT2D eigenvalue weighted by Crippen LogP contribution is 2.19. The quantitative estimate of drug-likeness (QED) is 0.732. The average Bonchev–Trinajstić information content (AvgIpc) is 2.47. The van der Waals surface area contributed by atoms with E-state index in [1.807, 2.05) is 6.92 Å². The van der Waals surface area contributed by atoms with E-state index in [0.29, 0.717) is 12.2 Å². The molecule has 0 spiro atoms. The van der Waals surface area contributed by atoms with Crippen molar-refractivity contribution in [1.29, 1.82) is 0 Å². The van der Waals surface area contributed by atoms with Crippen LogP contribution in [-0.2, 0) is 13.0 Å². The van der Waals surface area contributed by atoms with Crippen molar-refractivity contribution in [1.82, 2.24) is 14.8 Å². The number of aromatic nitrogens is 3. The highest BCUT2D eigenvalue weighted by Gasteiger charge is 2.26. The number of hydrogen-bond donors (Lipinski definition) is 0. The zero-order valence-electron chi connectivity index (χ0n) is 7.17. The van der Waals surface area contributed by atoms with Crippen molar-refractivity contribution in [2.24, 2.45) is 0 Å². The van der Waals surface area contributed by atoms with Gasteiger partial charge in [-0.1, -0.05) is 6.92 Å². The number of hydrogen-bond acceptors (Lipinski definition) is 2. The molecule has 0 saturated carbocycles. The van der Waals surface area contributed by atoms with Crippen molar-refractivity contribution in [3.05, 3.63) is 12.2 Å². The van der Waals surface area contributed by atoms with Gasteiger partial charge in [0.2, 0.25) is 0 Å². The van der Waals surface area contributed by atoms with E-state index >= 15 is 0 Å². The van der Waals surface area contributed by atoms with Gasteiger partial charge < -0.3 is 0 Å². The molecule has 1 aromatic rings. The van der Waals surface area contributed by atoms with Crippen molar-refractivity contribution >= 4 is 0 Å². The highest BCUT2D eigenvalue weighted by molar-refractivity contribution is 4.79. The molecule has 0 amide bonds. The molecule has 74 valence electrons. The smallest absolute Gasteiger partial charge is 0.252 e. The van der Waals surface area contributed by atoms with Gasteiger partial charge in [0.05, 0.1) is 13.0 Å². The van der Waals surface area contributed by atoms with Crippen molar-refractivity contribution in [3.8, 4) is 0 Å². The molecule has 0 unspecified atom stereocenters. The van der Waals surface area contributed by atoms with Gasteiger partial charge >= 0.3 is 6.18 Å². The van der Waals surface area contributed by atoms with Gasteiger partial charge in [-0.25, -0.2) is 4.98 Å². The largest absolute Gasteiger partial charge is 0.390 e. The fraction of sp³-hybridized carbons (Fsp3) is 0.714.